The van der Waals surface area contributed by atoms with Crippen molar-refractivity contribution < 1.29 is 24.4 Å². The molecule has 1 aliphatic heterocycles. The van der Waals surface area contributed by atoms with Gasteiger partial charge in [-0.2, -0.15) is 0 Å². The van der Waals surface area contributed by atoms with Crippen LogP contribution in [0.15, 0.2) is 54.1 Å². The molecule has 1 atom stereocenters. The van der Waals surface area contributed by atoms with Gasteiger partial charge < -0.3 is 19.6 Å². The van der Waals surface area contributed by atoms with Crippen molar-refractivity contribution >= 4 is 23.1 Å². The summed E-state index contributed by atoms with van der Waals surface area (Å²) in [5.74, 6) is -1.33. The average molecular weight is 510 g/mol. The Kier molecular flexibility index (Phi) is 9.79. The Morgan fingerprint density at radius 2 is 1.81 bits per heavy atom. The van der Waals surface area contributed by atoms with E-state index < -0.39 is 22.7 Å². The first-order valence-corrected chi connectivity index (χ1v) is 12.8. The number of carbonyl (C=O) groups is 2. The van der Waals surface area contributed by atoms with Gasteiger partial charge in [0.25, 0.3) is 17.4 Å². The van der Waals surface area contributed by atoms with Gasteiger partial charge in [0, 0.05) is 24.2 Å². The Hall–Kier alpha value is -3.72. The van der Waals surface area contributed by atoms with Gasteiger partial charge in [-0.3, -0.25) is 19.7 Å². The van der Waals surface area contributed by atoms with Crippen LogP contribution < -0.4 is 4.74 Å². The van der Waals surface area contributed by atoms with Crippen LogP contribution in [0.5, 0.6) is 5.75 Å². The zero-order valence-electron chi connectivity index (χ0n) is 21.7. The molecular weight excluding hydrogens is 474 g/mol. The third-order valence-corrected chi connectivity index (χ3v) is 6.58. The third-order valence-electron chi connectivity index (χ3n) is 6.58. The van der Waals surface area contributed by atoms with Gasteiger partial charge >= 0.3 is 0 Å². The molecule has 1 amide bonds. The molecule has 0 bridgehead atoms. The van der Waals surface area contributed by atoms with Crippen molar-refractivity contribution in [3.8, 4) is 5.75 Å². The number of rotatable bonds is 13. The smallest absolute Gasteiger partial charge is 0.295 e. The monoisotopic (exact) mass is 509 g/mol. The van der Waals surface area contributed by atoms with E-state index >= 15 is 0 Å². The molecule has 2 aromatic carbocycles. The van der Waals surface area contributed by atoms with Crippen LogP contribution in [0.3, 0.4) is 0 Å². The van der Waals surface area contributed by atoms with Crippen LogP contribution in [-0.4, -0.2) is 64.3 Å². The highest BCUT2D eigenvalue weighted by Gasteiger charge is 2.46. The Bertz CT molecular complexity index is 1160. The second-order valence-electron chi connectivity index (χ2n) is 8.95. The summed E-state index contributed by atoms with van der Waals surface area (Å²) in [5.41, 5.74) is 0.496. The van der Waals surface area contributed by atoms with Crippen molar-refractivity contribution in [1.29, 1.82) is 0 Å². The fourth-order valence-electron chi connectivity index (χ4n) is 4.49. The predicted molar refractivity (Wildman–Crippen MR) is 141 cm³/mol. The summed E-state index contributed by atoms with van der Waals surface area (Å²) in [6, 6.07) is 11.7. The molecule has 9 nitrogen and oxygen atoms in total. The van der Waals surface area contributed by atoms with E-state index in [1.807, 2.05) is 0 Å². The molecule has 0 aliphatic carbocycles. The molecule has 37 heavy (non-hydrogen) atoms. The number of likely N-dealkylation sites (tertiary alicyclic amines) is 1. The van der Waals surface area contributed by atoms with E-state index in [4.69, 9.17) is 4.74 Å². The zero-order valence-corrected chi connectivity index (χ0v) is 21.7. The first-order valence-electron chi connectivity index (χ1n) is 12.8. The van der Waals surface area contributed by atoms with E-state index in [0.29, 0.717) is 29.9 Å². The maximum atomic E-state index is 13.3. The lowest BCUT2D eigenvalue weighted by Crippen LogP contribution is -2.33. The van der Waals surface area contributed by atoms with E-state index in [1.165, 1.54) is 23.1 Å². The summed E-state index contributed by atoms with van der Waals surface area (Å²) in [4.78, 5) is 41.0. The van der Waals surface area contributed by atoms with Gasteiger partial charge in [0.1, 0.15) is 11.5 Å². The molecule has 0 aromatic heterocycles. The lowest BCUT2D eigenvalue weighted by molar-refractivity contribution is -0.384. The topological polar surface area (TPSA) is 113 Å². The first kappa shape index (κ1) is 27.9. The second-order valence-corrected chi connectivity index (χ2v) is 8.95. The number of ether oxygens (including phenoxy) is 1. The fraction of sp³-hybridized carbons (Fsp3) is 0.429. The van der Waals surface area contributed by atoms with Crippen molar-refractivity contribution in [3.63, 3.8) is 0 Å². The standard InChI is InChI=1S/C28H35N3O6/c1-4-7-17-37-23-14-9-12-21(19-23)26(32)24-25(20-11-8-13-22(18-20)31(35)36)30(28(34)27(24)33)16-10-15-29(5-2)6-3/h8-9,11-14,18-19,25,32H,4-7,10,15-17H2,1-3H3/b26-24+. The van der Waals surface area contributed by atoms with E-state index in [1.54, 1.807) is 30.3 Å². The number of nitro groups is 1. The highest BCUT2D eigenvalue weighted by Crippen LogP contribution is 2.40. The Morgan fingerprint density at radius 1 is 1.08 bits per heavy atom. The number of aliphatic hydroxyl groups is 1. The van der Waals surface area contributed by atoms with Gasteiger partial charge in [-0.1, -0.05) is 51.5 Å². The largest absolute Gasteiger partial charge is 0.507 e. The number of hydrogen-bond donors (Lipinski definition) is 1. The van der Waals surface area contributed by atoms with E-state index in [9.17, 15) is 24.8 Å². The minimum absolute atomic E-state index is 0.0842. The molecule has 2 aromatic rings. The molecule has 1 N–H and O–H groups in total. The third kappa shape index (κ3) is 6.54. The number of nitrogens with zero attached hydrogens (tertiary/aromatic N) is 3. The summed E-state index contributed by atoms with van der Waals surface area (Å²) < 4.78 is 5.74. The van der Waals surface area contributed by atoms with E-state index in [0.717, 1.165) is 32.5 Å². The van der Waals surface area contributed by atoms with Gasteiger partial charge in [-0.25, -0.2) is 0 Å². The molecule has 3 rings (SSSR count). The van der Waals surface area contributed by atoms with Crippen molar-refractivity contribution in [1.82, 2.24) is 9.80 Å². The molecule has 1 unspecified atom stereocenters. The van der Waals surface area contributed by atoms with Gasteiger partial charge in [-0.15, -0.1) is 0 Å². The lowest BCUT2D eigenvalue weighted by atomic mass is 9.95. The number of hydrogen-bond acceptors (Lipinski definition) is 7. The summed E-state index contributed by atoms with van der Waals surface area (Å²) in [5, 5.41) is 22.8. The predicted octanol–water partition coefficient (Wildman–Crippen LogP) is 4.93. The number of non-ortho nitro benzene ring substituents is 1. The Morgan fingerprint density at radius 3 is 2.49 bits per heavy atom. The minimum atomic E-state index is -0.943. The first-order chi connectivity index (χ1) is 17.8. The van der Waals surface area contributed by atoms with Crippen LogP contribution >= 0.6 is 0 Å². The minimum Gasteiger partial charge on any atom is -0.507 e. The van der Waals surface area contributed by atoms with Gasteiger partial charge in [0.2, 0.25) is 0 Å². The van der Waals surface area contributed by atoms with Crippen molar-refractivity contribution in [2.24, 2.45) is 0 Å². The fourth-order valence-corrected chi connectivity index (χ4v) is 4.49. The van der Waals surface area contributed by atoms with Crippen molar-refractivity contribution in [2.45, 2.75) is 46.1 Å². The zero-order chi connectivity index (χ0) is 26.9. The van der Waals surface area contributed by atoms with Crippen LogP contribution in [-0.2, 0) is 9.59 Å². The number of nitro benzene ring substituents is 1. The molecule has 1 heterocycles. The lowest BCUT2D eigenvalue weighted by Gasteiger charge is -2.26. The molecule has 1 fully saturated rings. The Balaban J connectivity index is 2.04. The molecule has 198 valence electrons. The molecular formula is C28H35N3O6. The van der Waals surface area contributed by atoms with Gasteiger partial charge in [0.15, 0.2) is 0 Å². The Labute approximate surface area is 217 Å². The SMILES string of the molecule is CCCCOc1cccc(/C(O)=C2\C(=O)C(=O)N(CCCN(CC)CC)C2c2cccc([N+](=O)[O-])c2)c1. The summed E-state index contributed by atoms with van der Waals surface area (Å²) in [6.07, 6.45) is 2.46. The number of amides is 1. The van der Waals surface area contributed by atoms with Crippen LogP contribution in [0.2, 0.25) is 0 Å². The molecule has 9 heteroatoms. The molecule has 0 saturated carbocycles. The van der Waals surface area contributed by atoms with E-state index in [-0.39, 0.29) is 23.6 Å². The molecule has 1 saturated heterocycles. The summed E-state index contributed by atoms with van der Waals surface area (Å²) in [7, 11) is 0. The van der Waals surface area contributed by atoms with Crippen LogP contribution in [0, 0.1) is 10.1 Å². The van der Waals surface area contributed by atoms with Crippen LogP contribution in [0.4, 0.5) is 5.69 Å². The average Bonchev–Trinajstić information content (AvgIpc) is 3.16. The maximum Gasteiger partial charge on any atom is 0.295 e. The van der Waals surface area contributed by atoms with Gasteiger partial charge in [0.05, 0.1) is 23.1 Å². The highest BCUT2D eigenvalue weighted by atomic mass is 16.6. The second kappa shape index (κ2) is 13.0. The number of Topliss-reactive ketones (excluding diaryl/α,β-unsaturated/α-hetero) is 1. The molecule has 0 radical (unpaired) electrons. The number of ketones is 1. The number of carbonyl (C=O) groups excluding carboxylic acids is 2. The summed E-state index contributed by atoms with van der Waals surface area (Å²) in [6.45, 7) is 9.41. The number of benzene rings is 2. The quantitative estimate of drug-likeness (QED) is 0.102. The van der Waals surface area contributed by atoms with Crippen LogP contribution in [0.25, 0.3) is 5.76 Å². The summed E-state index contributed by atoms with van der Waals surface area (Å²) >= 11 is 0. The van der Waals surface area contributed by atoms with Crippen molar-refractivity contribution in [3.05, 3.63) is 75.3 Å². The van der Waals surface area contributed by atoms with E-state index in [2.05, 4.69) is 25.7 Å². The maximum absolute atomic E-state index is 13.3. The normalized spacial score (nSPS) is 17.0. The highest BCUT2D eigenvalue weighted by molar-refractivity contribution is 6.46. The number of unbranched alkanes of at least 4 members (excludes halogenated alkanes) is 1. The molecule has 0 spiro atoms. The molecule has 1 aliphatic rings. The van der Waals surface area contributed by atoms with Crippen molar-refractivity contribution in [2.75, 3.05) is 32.8 Å². The number of aliphatic hydroxyl groups excluding tert-OH is 1. The van der Waals surface area contributed by atoms with Gasteiger partial charge in [-0.05, 0) is 50.2 Å². The van der Waals surface area contributed by atoms with Crippen LogP contribution in [0.1, 0.15) is 57.2 Å².